The van der Waals surface area contributed by atoms with E-state index in [1.165, 1.54) is 0 Å². The highest BCUT2D eigenvalue weighted by Gasteiger charge is 2.18. The van der Waals surface area contributed by atoms with Gasteiger partial charge in [-0.3, -0.25) is 4.79 Å². The number of hydrogen-bond donors (Lipinski definition) is 1. The first-order valence-electron chi connectivity index (χ1n) is 7.60. The van der Waals surface area contributed by atoms with Gasteiger partial charge in [-0.2, -0.15) is 0 Å². The quantitative estimate of drug-likeness (QED) is 0.863. The summed E-state index contributed by atoms with van der Waals surface area (Å²) in [5.41, 5.74) is 4.21. The normalized spacial score (nSPS) is 11.0. The van der Waals surface area contributed by atoms with Crippen molar-refractivity contribution in [1.82, 2.24) is 4.57 Å². The molecule has 0 unspecified atom stereocenters. The van der Waals surface area contributed by atoms with E-state index in [4.69, 9.17) is 16.3 Å². The number of benzene rings is 1. The number of amides is 1. The van der Waals surface area contributed by atoms with Gasteiger partial charge in [-0.25, -0.2) is 0 Å². The number of methoxy groups -OCH3 is 1. The van der Waals surface area contributed by atoms with Crippen LogP contribution in [0.2, 0.25) is 5.02 Å². The third kappa shape index (κ3) is 3.37. The average molecular weight is 335 g/mol. The molecule has 1 amide bonds. The topological polar surface area (TPSA) is 43.3 Å². The molecule has 0 aliphatic carbocycles. The number of hydrogen-bond acceptors (Lipinski definition) is 2. The lowest BCUT2D eigenvalue weighted by molar-refractivity contribution is 0.102. The van der Waals surface area contributed by atoms with Gasteiger partial charge in [-0.1, -0.05) is 11.6 Å². The molecule has 0 saturated heterocycles. The minimum Gasteiger partial charge on any atom is -0.495 e. The molecule has 0 saturated carbocycles. The van der Waals surface area contributed by atoms with Crippen molar-refractivity contribution in [2.45, 2.75) is 40.7 Å². The molecule has 23 heavy (non-hydrogen) atoms. The van der Waals surface area contributed by atoms with Crippen LogP contribution >= 0.6 is 11.6 Å². The second-order valence-corrected chi connectivity index (χ2v) is 6.41. The van der Waals surface area contributed by atoms with Gasteiger partial charge in [0.25, 0.3) is 5.91 Å². The van der Waals surface area contributed by atoms with E-state index in [0.717, 1.165) is 17.0 Å². The molecule has 5 heteroatoms. The second-order valence-electron chi connectivity index (χ2n) is 6.00. The zero-order valence-electron chi connectivity index (χ0n) is 14.5. The molecular formula is C18H23ClN2O2. The Labute approximate surface area is 142 Å². The van der Waals surface area contributed by atoms with Crippen molar-refractivity contribution in [3.05, 3.63) is 45.7 Å². The molecule has 0 fully saturated rings. The van der Waals surface area contributed by atoms with Gasteiger partial charge in [0.1, 0.15) is 5.75 Å². The van der Waals surface area contributed by atoms with Crippen molar-refractivity contribution >= 4 is 23.2 Å². The molecule has 4 nitrogen and oxygen atoms in total. The van der Waals surface area contributed by atoms with Crippen molar-refractivity contribution in [3.8, 4) is 5.75 Å². The lowest BCUT2D eigenvalue weighted by Crippen LogP contribution is -2.14. The SMILES string of the molecule is COc1cc(Cl)c(C)cc1NC(=O)c1cc(C)n(C(C)C)c1C. The van der Waals surface area contributed by atoms with Crippen LogP contribution in [-0.4, -0.2) is 17.6 Å². The average Bonchev–Trinajstić information content (AvgIpc) is 2.77. The maximum absolute atomic E-state index is 12.7. The largest absolute Gasteiger partial charge is 0.495 e. The molecular weight excluding hydrogens is 312 g/mol. The molecule has 1 heterocycles. The number of aryl methyl sites for hydroxylation is 2. The van der Waals surface area contributed by atoms with Crippen LogP contribution < -0.4 is 10.1 Å². The molecule has 2 aromatic rings. The lowest BCUT2D eigenvalue weighted by Gasteiger charge is -2.14. The fourth-order valence-electron chi connectivity index (χ4n) is 2.92. The van der Waals surface area contributed by atoms with Crippen molar-refractivity contribution in [2.24, 2.45) is 0 Å². The molecule has 0 radical (unpaired) electrons. The molecule has 0 bridgehead atoms. The van der Waals surface area contributed by atoms with Crippen LogP contribution in [0.1, 0.15) is 47.2 Å². The van der Waals surface area contributed by atoms with Crippen LogP contribution in [0, 0.1) is 20.8 Å². The number of aromatic nitrogens is 1. The Morgan fingerprint density at radius 1 is 1.22 bits per heavy atom. The summed E-state index contributed by atoms with van der Waals surface area (Å²) >= 11 is 6.11. The summed E-state index contributed by atoms with van der Waals surface area (Å²) in [5, 5.41) is 3.54. The molecule has 2 rings (SSSR count). The Bertz CT molecular complexity index is 748. The number of nitrogens with zero attached hydrogens (tertiary/aromatic N) is 1. The van der Waals surface area contributed by atoms with Crippen molar-refractivity contribution < 1.29 is 9.53 Å². The van der Waals surface area contributed by atoms with Gasteiger partial charge in [0.15, 0.2) is 0 Å². The van der Waals surface area contributed by atoms with E-state index in [9.17, 15) is 4.79 Å². The monoisotopic (exact) mass is 334 g/mol. The smallest absolute Gasteiger partial charge is 0.257 e. The molecule has 1 aromatic heterocycles. The van der Waals surface area contributed by atoms with Crippen molar-refractivity contribution in [2.75, 3.05) is 12.4 Å². The third-order valence-corrected chi connectivity index (χ3v) is 4.38. The Hall–Kier alpha value is -1.94. The van der Waals surface area contributed by atoms with E-state index >= 15 is 0 Å². The summed E-state index contributed by atoms with van der Waals surface area (Å²) in [6.45, 7) is 10.1. The minimum atomic E-state index is -0.148. The van der Waals surface area contributed by atoms with Gasteiger partial charge in [0.2, 0.25) is 0 Å². The molecule has 0 aliphatic rings. The summed E-state index contributed by atoms with van der Waals surface area (Å²) in [7, 11) is 1.56. The number of halogens is 1. The molecule has 1 N–H and O–H groups in total. The van der Waals surface area contributed by atoms with Crippen LogP contribution in [0.15, 0.2) is 18.2 Å². The predicted molar refractivity (Wildman–Crippen MR) is 95.0 cm³/mol. The van der Waals surface area contributed by atoms with Gasteiger partial charge in [0.05, 0.1) is 18.4 Å². The minimum absolute atomic E-state index is 0.148. The Balaban J connectivity index is 2.37. The summed E-state index contributed by atoms with van der Waals surface area (Å²) < 4.78 is 7.46. The number of carbonyl (C=O) groups is 1. The van der Waals surface area contributed by atoms with E-state index in [-0.39, 0.29) is 5.91 Å². The van der Waals surface area contributed by atoms with Gasteiger partial charge in [-0.05, 0) is 52.3 Å². The van der Waals surface area contributed by atoms with E-state index in [0.29, 0.717) is 28.1 Å². The van der Waals surface area contributed by atoms with Gasteiger partial charge < -0.3 is 14.6 Å². The van der Waals surface area contributed by atoms with Crippen molar-refractivity contribution in [3.63, 3.8) is 0 Å². The summed E-state index contributed by atoms with van der Waals surface area (Å²) in [4.78, 5) is 12.7. The fourth-order valence-corrected chi connectivity index (χ4v) is 3.07. The summed E-state index contributed by atoms with van der Waals surface area (Å²) in [6.07, 6.45) is 0. The number of ether oxygens (including phenoxy) is 1. The Kier molecular flexibility index (Phi) is 5.05. The number of nitrogens with one attached hydrogen (secondary N) is 1. The first-order valence-corrected chi connectivity index (χ1v) is 7.98. The number of anilines is 1. The van der Waals surface area contributed by atoms with Crippen LogP contribution in [0.5, 0.6) is 5.75 Å². The molecule has 0 aliphatic heterocycles. The maximum atomic E-state index is 12.7. The standard InChI is InChI=1S/C18H23ClN2O2/c1-10(2)21-12(4)8-14(13(21)5)18(22)20-16-7-11(3)15(19)9-17(16)23-6/h7-10H,1-6H3,(H,20,22). The molecule has 0 atom stereocenters. The molecule has 0 spiro atoms. The summed E-state index contributed by atoms with van der Waals surface area (Å²) in [5.74, 6) is 0.400. The Morgan fingerprint density at radius 3 is 2.39 bits per heavy atom. The third-order valence-electron chi connectivity index (χ3n) is 3.97. The number of rotatable bonds is 4. The van der Waals surface area contributed by atoms with E-state index in [1.54, 1.807) is 13.2 Å². The van der Waals surface area contributed by atoms with E-state index in [1.807, 2.05) is 32.9 Å². The van der Waals surface area contributed by atoms with Gasteiger partial charge in [-0.15, -0.1) is 0 Å². The first kappa shape index (κ1) is 17.4. The lowest BCUT2D eigenvalue weighted by atomic mass is 10.1. The van der Waals surface area contributed by atoms with Crippen LogP contribution in [-0.2, 0) is 0 Å². The zero-order valence-corrected chi connectivity index (χ0v) is 15.2. The highest BCUT2D eigenvalue weighted by Crippen LogP contribution is 2.31. The maximum Gasteiger partial charge on any atom is 0.257 e. The summed E-state index contributed by atoms with van der Waals surface area (Å²) in [6, 6.07) is 5.76. The predicted octanol–water partition coefficient (Wildman–Crippen LogP) is 4.91. The Morgan fingerprint density at radius 2 is 1.87 bits per heavy atom. The van der Waals surface area contributed by atoms with Crippen molar-refractivity contribution in [1.29, 1.82) is 0 Å². The zero-order chi connectivity index (χ0) is 17.3. The second kappa shape index (κ2) is 6.67. The number of carbonyl (C=O) groups excluding carboxylic acids is 1. The van der Waals surface area contributed by atoms with E-state index < -0.39 is 0 Å². The highest BCUT2D eigenvalue weighted by molar-refractivity contribution is 6.31. The van der Waals surface area contributed by atoms with Crippen LogP contribution in [0.4, 0.5) is 5.69 Å². The first-order chi connectivity index (χ1) is 10.8. The van der Waals surface area contributed by atoms with E-state index in [2.05, 4.69) is 23.7 Å². The molecule has 1 aromatic carbocycles. The highest BCUT2D eigenvalue weighted by atomic mass is 35.5. The molecule has 124 valence electrons. The van der Waals surface area contributed by atoms with Gasteiger partial charge in [0, 0.05) is 28.5 Å². The fraction of sp³-hybridized carbons (Fsp3) is 0.389. The van der Waals surface area contributed by atoms with Crippen LogP contribution in [0.25, 0.3) is 0 Å². The van der Waals surface area contributed by atoms with Crippen LogP contribution in [0.3, 0.4) is 0 Å². The van der Waals surface area contributed by atoms with Gasteiger partial charge >= 0.3 is 0 Å².